The van der Waals surface area contributed by atoms with E-state index < -0.39 is 11.4 Å². The first-order chi connectivity index (χ1) is 8.39. The molecule has 1 fully saturated rings. The second kappa shape index (κ2) is 4.86. The maximum Gasteiger partial charge on any atom is 0.227 e. The quantitative estimate of drug-likeness (QED) is 0.894. The van der Waals surface area contributed by atoms with E-state index in [0.717, 1.165) is 0 Å². The van der Waals surface area contributed by atoms with Crippen LogP contribution in [0.25, 0.3) is 0 Å². The molecule has 0 spiro atoms. The van der Waals surface area contributed by atoms with Gasteiger partial charge in [0.15, 0.2) is 0 Å². The number of carbonyl (C=O) groups excluding carboxylic acids is 1. The van der Waals surface area contributed by atoms with Gasteiger partial charge in [0.05, 0.1) is 12.0 Å². The van der Waals surface area contributed by atoms with Crippen LogP contribution in [0.4, 0.5) is 4.39 Å². The molecule has 1 heterocycles. The van der Waals surface area contributed by atoms with Crippen molar-refractivity contribution in [3.8, 4) is 0 Å². The van der Waals surface area contributed by atoms with Gasteiger partial charge in [-0.15, -0.1) is 0 Å². The van der Waals surface area contributed by atoms with Gasteiger partial charge in [-0.1, -0.05) is 17.7 Å². The summed E-state index contributed by atoms with van der Waals surface area (Å²) < 4.78 is 13.5. The zero-order valence-electron chi connectivity index (χ0n) is 10.1. The summed E-state index contributed by atoms with van der Waals surface area (Å²) >= 11 is 5.88. The van der Waals surface area contributed by atoms with Gasteiger partial charge in [-0.2, -0.15) is 0 Å². The molecular weight excluding hydrogens is 257 g/mol. The van der Waals surface area contributed by atoms with E-state index in [1.807, 2.05) is 0 Å². The predicted octanol–water partition coefficient (Wildman–Crippen LogP) is 2.00. The van der Waals surface area contributed by atoms with Crippen LogP contribution >= 0.6 is 11.6 Å². The van der Waals surface area contributed by atoms with E-state index in [-0.39, 0.29) is 29.5 Å². The van der Waals surface area contributed by atoms with Crippen molar-refractivity contribution < 1.29 is 14.3 Å². The molecule has 1 amide bonds. The largest absolute Gasteiger partial charge is 0.388 e. The molecule has 0 aromatic heterocycles. The Hall–Kier alpha value is -1.13. The molecule has 3 nitrogen and oxygen atoms in total. The first-order valence-electron chi connectivity index (χ1n) is 5.82. The number of halogens is 2. The minimum Gasteiger partial charge on any atom is -0.388 e. The summed E-state index contributed by atoms with van der Waals surface area (Å²) in [6, 6.07) is 4.36. The number of amides is 1. The number of aliphatic hydroxyl groups is 1. The molecule has 0 bridgehead atoms. The summed E-state index contributed by atoms with van der Waals surface area (Å²) in [4.78, 5) is 13.5. The summed E-state index contributed by atoms with van der Waals surface area (Å²) in [5.41, 5.74) is -0.620. The van der Waals surface area contributed by atoms with Crippen LogP contribution < -0.4 is 0 Å². The SMILES string of the molecule is CC1(O)CCN(C(=O)Cc2c(F)cccc2Cl)C1. The van der Waals surface area contributed by atoms with Crippen LogP contribution in [-0.2, 0) is 11.2 Å². The molecule has 2 rings (SSSR count). The molecule has 1 unspecified atom stereocenters. The van der Waals surface area contributed by atoms with Crippen molar-refractivity contribution in [3.63, 3.8) is 0 Å². The van der Waals surface area contributed by atoms with Crippen LogP contribution in [0.1, 0.15) is 18.9 Å². The van der Waals surface area contributed by atoms with Crippen LogP contribution in [0.2, 0.25) is 5.02 Å². The van der Waals surface area contributed by atoms with Crippen molar-refractivity contribution in [1.29, 1.82) is 0 Å². The fourth-order valence-corrected chi connectivity index (χ4v) is 2.35. The Labute approximate surface area is 110 Å². The van der Waals surface area contributed by atoms with Crippen molar-refractivity contribution >= 4 is 17.5 Å². The third-order valence-corrected chi connectivity index (χ3v) is 3.55. The average molecular weight is 272 g/mol. The van der Waals surface area contributed by atoms with Crippen molar-refractivity contribution in [2.75, 3.05) is 13.1 Å². The number of benzene rings is 1. The average Bonchev–Trinajstić information content (AvgIpc) is 2.64. The van der Waals surface area contributed by atoms with E-state index >= 15 is 0 Å². The maximum absolute atomic E-state index is 13.5. The fraction of sp³-hybridized carbons (Fsp3) is 0.462. The first-order valence-corrected chi connectivity index (χ1v) is 6.20. The lowest BCUT2D eigenvalue weighted by atomic mass is 10.1. The molecular formula is C13H15ClFNO2. The standard InChI is InChI=1S/C13H15ClFNO2/c1-13(18)5-6-16(8-13)12(17)7-9-10(14)3-2-4-11(9)15/h2-4,18H,5-8H2,1H3. The first kappa shape index (κ1) is 13.3. The highest BCUT2D eigenvalue weighted by Gasteiger charge is 2.34. The monoisotopic (exact) mass is 271 g/mol. The van der Waals surface area contributed by atoms with Gasteiger partial charge in [0.2, 0.25) is 5.91 Å². The molecule has 1 N–H and O–H groups in total. The number of nitrogens with zero attached hydrogens (tertiary/aromatic N) is 1. The fourth-order valence-electron chi connectivity index (χ4n) is 2.12. The summed E-state index contributed by atoms with van der Waals surface area (Å²) in [6.07, 6.45) is 0.478. The number of hydrogen-bond donors (Lipinski definition) is 1. The van der Waals surface area contributed by atoms with Crippen molar-refractivity contribution in [2.45, 2.75) is 25.4 Å². The van der Waals surface area contributed by atoms with Crippen LogP contribution in [-0.4, -0.2) is 34.6 Å². The zero-order chi connectivity index (χ0) is 13.3. The number of β-amino-alcohol motifs (C(OH)–C–C–N with tert-alkyl or cyclic N) is 1. The Bertz CT molecular complexity index is 456. The number of hydrogen-bond acceptors (Lipinski definition) is 2. The van der Waals surface area contributed by atoms with Crippen LogP contribution in [0.15, 0.2) is 18.2 Å². The molecule has 0 aliphatic carbocycles. The van der Waals surface area contributed by atoms with E-state index in [9.17, 15) is 14.3 Å². The second-order valence-corrected chi connectivity index (χ2v) is 5.35. The second-order valence-electron chi connectivity index (χ2n) is 4.94. The van der Waals surface area contributed by atoms with Gasteiger partial charge >= 0.3 is 0 Å². The highest BCUT2D eigenvalue weighted by Crippen LogP contribution is 2.24. The molecule has 1 atom stereocenters. The lowest BCUT2D eigenvalue weighted by Crippen LogP contribution is -2.34. The van der Waals surface area contributed by atoms with Crippen LogP contribution in [0.5, 0.6) is 0 Å². The Morgan fingerprint density at radius 3 is 2.89 bits per heavy atom. The molecule has 1 aromatic carbocycles. The topological polar surface area (TPSA) is 40.5 Å². The normalized spacial score (nSPS) is 23.4. The summed E-state index contributed by atoms with van der Waals surface area (Å²) in [7, 11) is 0. The van der Waals surface area contributed by atoms with Crippen molar-refractivity contribution in [3.05, 3.63) is 34.6 Å². The van der Waals surface area contributed by atoms with Gasteiger partial charge in [0.1, 0.15) is 5.82 Å². The Kier molecular flexibility index (Phi) is 3.59. The number of carbonyl (C=O) groups is 1. The van der Waals surface area contributed by atoms with E-state index in [0.29, 0.717) is 13.0 Å². The smallest absolute Gasteiger partial charge is 0.227 e. The van der Waals surface area contributed by atoms with E-state index in [2.05, 4.69) is 0 Å². The van der Waals surface area contributed by atoms with E-state index in [4.69, 9.17) is 11.6 Å². The molecule has 1 saturated heterocycles. The Morgan fingerprint density at radius 2 is 2.33 bits per heavy atom. The van der Waals surface area contributed by atoms with Gasteiger partial charge in [-0.05, 0) is 25.5 Å². The Balaban J connectivity index is 2.08. The van der Waals surface area contributed by atoms with Crippen LogP contribution in [0.3, 0.4) is 0 Å². The molecule has 98 valence electrons. The molecule has 0 saturated carbocycles. The lowest BCUT2D eigenvalue weighted by Gasteiger charge is -2.19. The van der Waals surface area contributed by atoms with Crippen molar-refractivity contribution in [1.82, 2.24) is 4.90 Å². The van der Waals surface area contributed by atoms with E-state index in [1.165, 1.54) is 12.1 Å². The van der Waals surface area contributed by atoms with Crippen LogP contribution in [0, 0.1) is 5.82 Å². The molecule has 1 aliphatic heterocycles. The summed E-state index contributed by atoms with van der Waals surface area (Å²) in [5, 5.41) is 10.1. The minimum atomic E-state index is -0.839. The van der Waals surface area contributed by atoms with Gasteiger partial charge in [0, 0.05) is 23.7 Å². The molecule has 1 aromatic rings. The third-order valence-electron chi connectivity index (χ3n) is 3.19. The zero-order valence-corrected chi connectivity index (χ0v) is 10.9. The van der Waals surface area contributed by atoms with Crippen molar-refractivity contribution in [2.24, 2.45) is 0 Å². The summed E-state index contributed by atoms with van der Waals surface area (Å²) in [5.74, 6) is -0.679. The lowest BCUT2D eigenvalue weighted by molar-refractivity contribution is -0.130. The van der Waals surface area contributed by atoms with Gasteiger partial charge < -0.3 is 10.0 Å². The number of likely N-dealkylation sites (tertiary alicyclic amines) is 1. The molecule has 1 aliphatic rings. The minimum absolute atomic E-state index is 0.0679. The van der Waals surface area contributed by atoms with Gasteiger partial charge in [-0.3, -0.25) is 4.79 Å². The molecule has 0 radical (unpaired) electrons. The van der Waals surface area contributed by atoms with Gasteiger partial charge in [0.25, 0.3) is 0 Å². The Morgan fingerprint density at radius 1 is 1.61 bits per heavy atom. The number of rotatable bonds is 2. The highest BCUT2D eigenvalue weighted by molar-refractivity contribution is 6.31. The predicted molar refractivity (Wildman–Crippen MR) is 66.9 cm³/mol. The molecule has 5 heteroatoms. The third kappa shape index (κ3) is 2.82. The maximum atomic E-state index is 13.5. The van der Waals surface area contributed by atoms with Gasteiger partial charge in [-0.25, -0.2) is 4.39 Å². The highest BCUT2D eigenvalue weighted by atomic mass is 35.5. The molecule has 18 heavy (non-hydrogen) atoms. The summed E-state index contributed by atoms with van der Waals surface area (Å²) in [6.45, 7) is 2.48. The van der Waals surface area contributed by atoms with E-state index in [1.54, 1.807) is 17.9 Å².